The number of allylic oxidation sites excluding steroid dienone is 1. The summed E-state index contributed by atoms with van der Waals surface area (Å²) >= 11 is 0. The van der Waals surface area contributed by atoms with Gasteiger partial charge in [0.25, 0.3) is 0 Å². The van der Waals surface area contributed by atoms with Gasteiger partial charge in [0.1, 0.15) is 5.76 Å². The molecule has 3 aliphatic rings. The number of ether oxygens (including phenoxy) is 4. The van der Waals surface area contributed by atoms with Crippen molar-refractivity contribution in [2.24, 2.45) is 11.3 Å². The molecule has 0 bridgehead atoms. The molecule has 1 aliphatic carbocycles. The molecule has 168 valence electrons. The van der Waals surface area contributed by atoms with Crippen LogP contribution in [0.5, 0.6) is 0 Å². The van der Waals surface area contributed by atoms with Crippen LogP contribution >= 0.6 is 0 Å². The lowest BCUT2D eigenvalue weighted by atomic mass is 9.83. The summed E-state index contributed by atoms with van der Waals surface area (Å²) in [5.74, 6) is 1.47. The molecule has 0 radical (unpaired) electrons. The first-order chi connectivity index (χ1) is 14.1. The van der Waals surface area contributed by atoms with Crippen molar-refractivity contribution < 1.29 is 18.9 Å². The predicted molar refractivity (Wildman–Crippen MR) is 116 cm³/mol. The second-order valence-corrected chi connectivity index (χ2v) is 10.0. The van der Waals surface area contributed by atoms with Crippen LogP contribution in [0.1, 0.15) is 104 Å². The third-order valence-corrected chi connectivity index (χ3v) is 6.75. The van der Waals surface area contributed by atoms with Crippen molar-refractivity contribution in [1.29, 1.82) is 0 Å². The third-order valence-electron chi connectivity index (χ3n) is 6.75. The first-order valence-electron chi connectivity index (χ1n) is 12.3. The summed E-state index contributed by atoms with van der Waals surface area (Å²) in [6, 6.07) is 0. The maximum Gasteiger partial charge on any atom is 0.199 e. The number of rotatable bonds is 10. The summed E-state index contributed by atoms with van der Waals surface area (Å²) in [5, 5.41) is 0. The van der Waals surface area contributed by atoms with Crippen LogP contribution in [0.25, 0.3) is 0 Å². The summed E-state index contributed by atoms with van der Waals surface area (Å²) in [4.78, 5) is 0. The van der Waals surface area contributed by atoms with Crippen LogP contribution in [0.3, 0.4) is 0 Å². The van der Waals surface area contributed by atoms with Crippen LogP contribution in [0.4, 0.5) is 0 Å². The number of unbranched alkanes of at least 4 members (excludes halogenated alkanes) is 1. The minimum atomic E-state index is -0.0825. The summed E-state index contributed by atoms with van der Waals surface area (Å²) in [6.45, 7) is 8.69. The molecule has 0 amide bonds. The molecule has 3 rings (SSSR count). The Balaban J connectivity index is 1.67. The highest BCUT2D eigenvalue weighted by Crippen LogP contribution is 2.39. The Kier molecular flexibility index (Phi) is 9.33. The van der Waals surface area contributed by atoms with Gasteiger partial charge in [0.2, 0.25) is 0 Å². The molecule has 4 nitrogen and oxygen atoms in total. The lowest BCUT2D eigenvalue weighted by Gasteiger charge is -2.32. The quantitative estimate of drug-likeness (QED) is 0.375. The summed E-state index contributed by atoms with van der Waals surface area (Å²) in [7, 11) is 0. The minimum absolute atomic E-state index is 0.0254. The molecule has 29 heavy (non-hydrogen) atoms. The molecule has 2 saturated heterocycles. The van der Waals surface area contributed by atoms with Gasteiger partial charge in [0, 0.05) is 18.9 Å². The average Bonchev–Trinajstić information content (AvgIpc) is 3.19. The van der Waals surface area contributed by atoms with Gasteiger partial charge in [-0.25, -0.2) is 0 Å². The van der Waals surface area contributed by atoms with E-state index in [0.29, 0.717) is 11.3 Å². The zero-order valence-corrected chi connectivity index (χ0v) is 19.1. The van der Waals surface area contributed by atoms with E-state index >= 15 is 0 Å². The fourth-order valence-corrected chi connectivity index (χ4v) is 4.80. The lowest BCUT2D eigenvalue weighted by Crippen LogP contribution is -2.32. The molecule has 2 heterocycles. The molecule has 4 heteroatoms. The van der Waals surface area contributed by atoms with Crippen molar-refractivity contribution in [3.63, 3.8) is 0 Å². The fourth-order valence-electron chi connectivity index (χ4n) is 4.80. The highest BCUT2D eigenvalue weighted by molar-refractivity contribution is 5.06. The van der Waals surface area contributed by atoms with Crippen LogP contribution in [-0.2, 0) is 18.9 Å². The Hall–Kier alpha value is -0.580. The second kappa shape index (κ2) is 11.7. The smallest absolute Gasteiger partial charge is 0.199 e. The van der Waals surface area contributed by atoms with Gasteiger partial charge >= 0.3 is 0 Å². The first kappa shape index (κ1) is 23.1. The van der Waals surface area contributed by atoms with Gasteiger partial charge in [-0.3, -0.25) is 0 Å². The zero-order valence-electron chi connectivity index (χ0n) is 19.1. The summed E-state index contributed by atoms with van der Waals surface area (Å²) in [5.41, 5.74) is 0.305. The highest BCUT2D eigenvalue weighted by atomic mass is 16.7. The van der Waals surface area contributed by atoms with Crippen LogP contribution in [0.15, 0.2) is 11.8 Å². The van der Waals surface area contributed by atoms with Crippen molar-refractivity contribution >= 4 is 0 Å². The van der Waals surface area contributed by atoms with Gasteiger partial charge in [-0.15, -0.1) is 0 Å². The van der Waals surface area contributed by atoms with Gasteiger partial charge in [-0.2, -0.15) is 0 Å². The van der Waals surface area contributed by atoms with Gasteiger partial charge in [-0.1, -0.05) is 40.0 Å². The van der Waals surface area contributed by atoms with Crippen LogP contribution in [0, 0.1) is 11.3 Å². The topological polar surface area (TPSA) is 36.9 Å². The molecule has 0 N–H and O–H groups in total. The molecular weight excluding hydrogens is 364 g/mol. The molecular formula is C25H44O4. The van der Waals surface area contributed by atoms with Gasteiger partial charge in [-0.05, 0) is 69.3 Å². The van der Waals surface area contributed by atoms with Crippen LogP contribution in [0.2, 0.25) is 0 Å². The van der Waals surface area contributed by atoms with Gasteiger partial charge in [0.15, 0.2) is 12.6 Å². The SMILES string of the molecule is CCCCC(C)(C)CC=C(OC1CCCCO1)[C@@H]1CCC[C@H]1OC1CCCCO1. The largest absolute Gasteiger partial charge is 0.469 e. The molecule has 0 aromatic heterocycles. The average molecular weight is 409 g/mol. The van der Waals surface area contributed by atoms with Crippen molar-refractivity contribution in [3.8, 4) is 0 Å². The van der Waals surface area contributed by atoms with E-state index in [9.17, 15) is 0 Å². The van der Waals surface area contributed by atoms with E-state index in [2.05, 4.69) is 26.8 Å². The maximum atomic E-state index is 6.51. The summed E-state index contributed by atoms with van der Waals surface area (Å²) in [6.07, 6.45) is 17.5. The van der Waals surface area contributed by atoms with E-state index in [1.165, 1.54) is 38.5 Å². The molecule has 2 unspecified atom stereocenters. The third kappa shape index (κ3) is 7.56. The van der Waals surface area contributed by atoms with E-state index in [1.807, 2.05) is 0 Å². The highest BCUT2D eigenvalue weighted by Gasteiger charge is 2.36. The number of hydrogen-bond donors (Lipinski definition) is 0. The molecule has 4 atom stereocenters. The van der Waals surface area contributed by atoms with E-state index in [1.54, 1.807) is 0 Å². The van der Waals surface area contributed by atoms with Crippen molar-refractivity contribution in [1.82, 2.24) is 0 Å². The molecule has 1 saturated carbocycles. The standard InChI is InChI=1S/C25H44O4/c1-4-5-16-25(2,3)17-15-22(29-24-14-7-9-19-27-24)20-11-10-12-21(20)28-23-13-6-8-18-26-23/h15,20-21,23-24H,4-14,16-19H2,1-3H3/t20-,21-,23?,24?/m1/s1. The van der Waals surface area contributed by atoms with Crippen molar-refractivity contribution in [2.45, 2.75) is 123 Å². The molecule has 3 fully saturated rings. The van der Waals surface area contributed by atoms with E-state index in [4.69, 9.17) is 18.9 Å². The van der Waals surface area contributed by atoms with E-state index < -0.39 is 0 Å². The minimum Gasteiger partial charge on any atom is -0.469 e. The van der Waals surface area contributed by atoms with Crippen molar-refractivity contribution in [3.05, 3.63) is 11.8 Å². The van der Waals surface area contributed by atoms with Crippen LogP contribution in [-0.4, -0.2) is 31.9 Å². The Bertz CT molecular complexity index is 489. The Morgan fingerprint density at radius 1 is 0.931 bits per heavy atom. The molecule has 0 aromatic carbocycles. The van der Waals surface area contributed by atoms with E-state index in [-0.39, 0.29) is 18.7 Å². The monoisotopic (exact) mass is 408 g/mol. The zero-order chi connectivity index (χ0) is 20.5. The van der Waals surface area contributed by atoms with Gasteiger partial charge in [0.05, 0.1) is 12.7 Å². The fraction of sp³-hybridized carbons (Fsp3) is 0.920. The van der Waals surface area contributed by atoms with Crippen LogP contribution < -0.4 is 0 Å². The predicted octanol–water partition coefficient (Wildman–Crippen LogP) is 6.73. The summed E-state index contributed by atoms with van der Waals surface area (Å²) < 4.78 is 24.8. The Morgan fingerprint density at radius 3 is 2.31 bits per heavy atom. The molecule has 0 aromatic rings. The van der Waals surface area contributed by atoms with Crippen molar-refractivity contribution in [2.75, 3.05) is 13.2 Å². The Morgan fingerprint density at radius 2 is 1.66 bits per heavy atom. The molecule has 2 aliphatic heterocycles. The first-order valence-corrected chi connectivity index (χ1v) is 12.3. The normalized spacial score (nSPS) is 31.8. The Labute approximate surface area is 178 Å². The van der Waals surface area contributed by atoms with E-state index in [0.717, 1.165) is 63.9 Å². The lowest BCUT2D eigenvalue weighted by molar-refractivity contribution is -0.199. The second-order valence-electron chi connectivity index (χ2n) is 10.0. The molecule has 0 spiro atoms. The van der Waals surface area contributed by atoms with Gasteiger partial charge < -0.3 is 18.9 Å². The maximum absolute atomic E-state index is 6.51. The number of hydrogen-bond acceptors (Lipinski definition) is 4.